The van der Waals surface area contributed by atoms with Crippen molar-refractivity contribution in [2.24, 2.45) is 0 Å². The summed E-state index contributed by atoms with van der Waals surface area (Å²) >= 11 is 0. The molecule has 1 saturated heterocycles. The molecule has 0 nitrogen and oxygen atoms in total. The van der Waals surface area contributed by atoms with E-state index in [9.17, 15) is 0 Å². The first-order valence-corrected chi connectivity index (χ1v) is 5.00. The molecule has 0 bridgehead atoms. The van der Waals surface area contributed by atoms with Gasteiger partial charge in [0.05, 0.1) is 0 Å². The fourth-order valence-electron chi connectivity index (χ4n) is 1.06. The van der Waals surface area contributed by atoms with Crippen LogP contribution >= 0.6 is 0 Å². The first-order valence-electron chi connectivity index (χ1n) is 3.00. The molecule has 0 amide bonds. The van der Waals surface area contributed by atoms with Crippen LogP contribution < -0.4 is 0 Å². The molecule has 1 rings (SSSR count). The van der Waals surface area contributed by atoms with E-state index in [1.54, 1.807) is 24.9 Å². The van der Waals surface area contributed by atoms with E-state index >= 15 is 0 Å². The van der Waals surface area contributed by atoms with E-state index in [4.69, 9.17) is 0 Å². The van der Waals surface area contributed by atoms with E-state index in [1.807, 2.05) is 0 Å². The molecular weight excluding hydrogens is 95.1 g/mol. The molecule has 0 unspecified atom stereocenters. The SMILES string of the molecule is C1CC[SiH2]CC1.[LiH]. The maximum absolute atomic E-state index is 1.64. The van der Waals surface area contributed by atoms with Crippen LogP contribution in [0.1, 0.15) is 19.3 Å². The summed E-state index contributed by atoms with van der Waals surface area (Å²) in [6, 6.07) is 3.28. The monoisotopic (exact) mass is 108 g/mol. The van der Waals surface area contributed by atoms with E-state index in [0.717, 1.165) is 0 Å². The number of hydrogen-bond donors (Lipinski definition) is 0. The maximum atomic E-state index is 1.64. The fraction of sp³-hybridized carbons (Fsp3) is 1.00. The molecule has 0 spiro atoms. The Bertz CT molecular complexity index is 23.6. The van der Waals surface area contributed by atoms with Crippen molar-refractivity contribution in [3.63, 3.8) is 0 Å². The average molecular weight is 108 g/mol. The standard InChI is InChI=1S/C5H12Si.Li.H/c1-2-4-6-5-3-1;;/h1-6H2;;. The van der Waals surface area contributed by atoms with Crippen molar-refractivity contribution < 1.29 is 0 Å². The van der Waals surface area contributed by atoms with Gasteiger partial charge in [-0.25, -0.2) is 0 Å². The van der Waals surface area contributed by atoms with E-state index in [1.165, 1.54) is 6.42 Å². The first kappa shape index (κ1) is 7.81. The van der Waals surface area contributed by atoms with Crippen LogP contribution in [0.25, 0.3) is 0 Å². The van der Waals surface area contributed by atoms with E-state index in [-0.39, 0.29) is 18.9 Å². The van der Waals surface area contributed by atoms with Crippen molar-refractivity contribution >= 4 is 28.4 Å². The molecule has 0 atom stereocenters. The van der Waals surface area contributed by atoms with Crippen LogP contribution in [0.3, 0.4) is 0 Å². The molecular formula is C5H13LiSi. The molecule has 2 heteroatoms. The average Bonchev–Trinajstić information content (AvgIpc) is 1.72. The van der Waals surface area contributed by atoms with Crippen molar-refractivity contribution in [2.45, 2.75) is 31.4 Å². The quantitative estimate of drug-likeness (QED) is 0.397. The van der Waals surface area contributed by atoms with Gasteiger partial charge in [-0.3, -0.25) is 0 Å². The molecule has 38 valence electrons. The van der Waals surface area contributed by atoms with Crippen molar-refractivity contribution in [1.29, 1.82) is 0 Å². The van der Waals surface area contributed by atoms with E-state index in [0.29, 0.717) is 9.52 Å². The Kier molecular flexibility index (Phi) is 5.54. The van der Waals surface area contributed by atoms with Gasteiger partial charge in [-0.15, -0.1) is 0 Å². The number of hydrogen-bond acceptors (Lipinski definition) is 0. The topological polar surface area (TPSA) is 0 Å². The summed E-state index contributed by atoms with van der Waals surface area (Å²) in [5, 5.41) is 0. The molecule has 1 aliphatic rings. The van der Waals surface area contributed by atoms with Crippen molar-refractivity contribution in [3.05, 3.63) is 0 Å². The van der Waals surface area contributed by atoms with Crippen LogP contribution in [0.15, 0.2) is 0 Å². The first-order chi connectivity index (χ1) is 3.00. The molecule has 0 aromatic carbocycles. The summed E-state index contributed by atoms with van der Waals surface area (Å²) in [6.45, 7) is 0. The van der Waals surface area contributed by atoms with E-state index < -0.39 is 0 Å². The summed E-state index contributed by atoms with van der Waals surface area (Å²) < 4.78 is 0. The minimum absolute atomic E-state index is 0. The van der Waals surface area contributed by atoms with Gasteiger partial charge in [-0.05, 0) is 0 Å². The molecule has 0 saturated carbocycles. The Labute approximate surface area is 60.1 Å². The Morgan fingerprint density at radius 2 is 1.43 bits per heavy atom. The minimum atomic E-state index is 0. The molecule has 0 N–H and O–H groups in total. The van der Waals surface area contributed by atoms with Crippen LogP contribution in [0, 0.1) is 0 Å². The second-order valence-corrected chi connectivity index (χ2v) is 4.24. The third kappa shape index (κ3) is 3.40. The Hall–Kier alpha value is 0.814. The van der Waals surface area contributed by atoms with Gasteiger partial charge in [0.25, 0.3) is 0 Å². The summed E-state index contributed by atoms with van der Waals surface area (Å²) in [5.41, 5.74) is 0. The zero-order chi connectivity index (χ0) is 4.24. The van der Waals surface area contributed by atoms with Crippen LogP contribution in [-0.4, -0.2) is 28.4 Å². The van der Waals surface area contributed by atoms with Crippen molar-refractivity contribution in [3.8, 4) is 0 Å². The van der Waals surface area contributed by atoms with Crippen LogP contribution in [0.4, 0.5) is 0 Å². The zero-order valence-corrected chi connectivity index (χ0v) is 5.66. The molecule has 7 heavy (non-hydrogen) atoms. The summed E-state index contributed by atoms with van der Waals surface area (Å²) in [4.78, 5) is 0. The second-order valence-electron chi connectivity index (χ2n) is 2.12. The normalized spacial score (nSPS) is 20.6. The molecule has 0 aromatic heterocycles. The fourth-order valence-corrected chi connectivity index (χ4v) is 2.83. The summed E-state index contributed by atoms with van der Waals surface area (Å²) in [6.07, 6.45) is 4.66. The molecule has 1 heterocycles. The van der Waals surface area contributed by atoms with Crippen molar-refractivity contribution in [2.75, 3.05) is 0 Å². The van der Waals surface area contributed by atoms with Crippen LogP contribution in [0.2, 0.25) is 12.1 Å². The predicted molar refractivity (Wildman–Crippen MR) is 39.2 cm³/mol. The van der Waals surface area contributed by atoms with Gasteiger partial charge in [-0.1, -0.05) is 31.4 Å². The van der Waals surface area contributed by atoms with Gasteiger partial charge in [-0.2, -0.15) is 0 Å². The molecule has 0 radical (unpaired) electrons. The molecule has 1 aliphatic heterocycles. The van der Waals surface area contributed by atoms with Crippen LogP contribution in [-0.2, 0) is 0 Å². The Balaban J connectivity index is 0.000000360. The molecule has 0 aliphatic carbocycles. The van der Waals surface area contributed by atoms with Crippen LogP contribution in [0.5, 0.6) is 0 Å². The van der Waals surface area contributed by atoms with Gasteiger partial charge < -0.3 is 0 Å². The summed E-state index contributed by atoms with van der Waals surface area (Å²) in [7, 11) is 0.508. The summed E-state index contributed by atoms with van der Waals surface area (Å²) in [5.74, 6) is 0. The van der Waals surface area contributed by atoms with Crippen molar-refractivity contribution in [1.82, 2.24) is 0 Å². The Morgan fingerprint density at radius 1 is 0.857 bits per heavy atom. The predicted octanol–water partition coefficient (Wildman–Crippen LogP) is 0.527. The molecule has 1 fully saturated rings. The van der Waals surface area contributed by atoms with E-state index in [2.05, 4.69) is 0 Å². The zero-order valence-electron chi connectivity index (χ0n) is 4.24. The third-order valence-corrected chi connectivity index (χ3v) is 3.50. The van der Waals surface area contributed by atoms with Gasteiger partial charge in [0, 0.05) is 9.52 Å². The third-order valence-electron chi connectivity index (χ3n) is 1.50. The van der Waals surface area contributed by atoms with Gasteiger partial charge >= 0.3 is 18.9 Å². The molecule has 0 aromatic rings. The second kappa shape index (κ2) is 4.96. The van der Waals surface area contributed by atoms with Gasteiger partial charge in [0.2, 0.25) is 0 Å². The van der Waals surface area contributed by atoms with Gasteiger partial charge in [0.15, 0.2) is 0 Å². The van der Waals surface area contributed by atoms with Gasteiger partial charge in [0.1, 0.15) is 0 Å². The number of rotatable bonds is 0. The Morgan fingerprint density at radius 3 is 1.57 bits per heavy atom.